The van der Waals surface area contributed by atoms with Gasteiger partial charge in [0.15, 0.2) is 0 Å². The van der Waals surface area contributed by atoms with Gasteiger partial charge in [0.25, 0.3) is 0 Å². The van der Waals surface area contributed by atoms with E-state index in [1.807, 2.05) is 24.3 Å². The Balaban J connectivity index is 2.56. The fraction of sp³-hybridized carbons (Fsp3) is 0.111. The van der Waals surface area contributed by atoms with Crippen LogP contribution in [0.1, 0.15) is 11.1 Å². The van der Waals surface area contributed by atoms with Gasteiger partial charge in [0.1, 0.15) is 12.9 Å². The lowest BCUT2D eigenvalue weighted by Gasteiger charge is -2.14. The fourth-order valence-electron chi connectivity index (χ4n) is 1.21. The van der Waals surface area contributed by atoms with Crippen LogP contribution in [0.5, 0.6) is 0 Å². The summed E-state index contributed by atoms with van der Waals surface area (Å²) in [6, 6.07) is 7.99. The van der Waals surface area contributed by atoms with Crippen LogP contribution in [0, 0.1) is 0 Å². The minimum atomic E-state index is 0.636. The van der Waals surface area contributed by atoms with Crippen LogP contribution >= 0.6 is 0 Å². The third kappa shape index (κ3) is 0.963. The lowest BCUT2D eigenvalue weighted by Crippen LogP contribution is -2.06. The van der Waals surface area contributed by atoms with Gasteiger partial charge in [0.05, 0.1) is 5.70 Å². The molecule has 0 bridgehead atoms. The molecular formula is C9H9NO. The second kappa shape index (κ2) is 2.31. The minimum Gasteiger partial charge on any atom is -0.494 e. The Labute approximate surface area is 65.3 Å². The summed E-state index contributed by atoms with van der Waals surface area (Å²) in [5.41, 5.74) is 8.65. The van der Waals surface area contributed by atoms with E-state index in [0.29, 0.717) is 12.3 Å². The van der Waals surface area contributed by atoms with Crippen molar-refractivity contribution >= 4 is 5.70 Å². The minimum absolute atomic E-state index is 0.636. The van der Waals surface area contributed by atoms with E-state index >= 15 is 0 Å². The SMILES string of the molecule is NC1=COCc2ccccc21. The average Bonchev–Trinajstić information content (AvgIpc) is 2.06. The van der Waals surface area contributed by atoms with Crippen molar-refractivity contribution < 1.29 is 4.74 Å². The number of rotatable bonds is 0. The highest BCUT2D eigenvalue weighted by Gasteiger charge is 2.08. The predicted octanol–water partition coefficient (Wildman–Crippen LogP) is 1.47. The standard InChI is InChI=1S/C9H9NO/c10-9-6-11-5-7-3-1-2-4-8(7)9/h1-4,6H,5,10H2. The molecule has 0 saturated carbocycles. The zero-order valence-electron chi connectivity index (χ0n) is 6.08. The van der Waals surface area contributed by atoms with Gasteiger partial charge in [-0.15, -0.1) is 0 Å². The maximum Gasteiger partial charge on any atom is 0.113 e. The highest BCUT2D eigenvalue weighted by atomic mass is 16.5. The molecule has 11 heavy (non-hydrogen) atoms. The van der Waals surface area contributed by atoms with Crippen molar-refractivity contribution in [1.82, 2.24) is 0 Å². The molecule has 1 aliphatic heterocycles. The Morgan fingerprint density at radius 1 is 1.27 bits per heavy atom. The molecule has 0 radical (unpaired) electrons. The molecule has 0 aromatic heterocycles. The largest absolute Gasteiger partial charge is 0.494 e. The first kappa shape index (κ1) is 6.28. The molecule has 2 nitrogen and oxygen atoms in total. The smallest absolute Gasteiger partial charge is 0.113 e. The number of benzene rings is 1. The molecule has 0 unspecified atom stereocenters. The Hall–Kier alpha value is -1.44. The van der Waals surface area contributed by atoms with E-state index in [0.717, 1.165) is 11.1 Å². The normalized spacial score (nSPS) is 14.7. The molecule has 2 rings (SSSR count). The second-order valence-electron chi connectivity index (χ2n) is 2.54. The van der Waals surface area contributed by atoms with E-state index in [1.54, 1.807) is 6.26 Å². The second-order valence-corrected chi connectivity index (χ2v) is 2.54. The van der Waals surface area contributed by atoms with Crippen molar-refractivity contribution in [2.24, 2.45) is 5.73 Å². The monoisotopic (exact) mass is 147 g/mol. The Morgan fingerprint density at radius 2 is 2.09 bits per heavy atom. The van der Waals surface area contributed by atoms with Crippen LogP contribution in [0.3, 0.4) is 0 Å². The van der Waals surface area contributed by atoms with Gasteiger partial charge < -0.3 is 10.5 Å². The van der Waals surface area contributed by atoms with Crippen LogP contribution < -0.4 is 5.73 Å². The first-order chi connectivity index (χ1) is 5.38. The molecule has 1 aromatic carbocycles. The van der Waals surface area contributed by atoms with Crippen LogP contribution in [0.4, 0.5) is 0 Å². The van der Waals surface area contributed by atoms with Gasteiger partial charge >= 0.3 is 0 Å². The molecule has 0 spiro atoms. The number of nitrogens with two attached hydrogens (primary N) is 1. The highest BCUT2D eigenvalue weighted by molar-refractivity contribution is 5.65. The molecule has 2 heteroatoms. The predicted molar refractivity (Wildman–Crippen MR) is 43.4 cm³/mol. The Kier molecular flexibility index (Phi) is 1.32. The lowest BCUT2D eigenvalue weighted by atomic mass is 10.1. The average molecular weight is 147 g/mol. The van der Waals surface area contributed by atoms with Crippen molar-refractivity contribution in [3.63, 3.8) is 0 Å². The molecule has 0 aliphatic carbocycles. The summed E-state index contributed by atoms with van der Waals surface area (Å²) in [4.78, 5) is 0. The quantitative estimate of drug-likeness (QED) is 0.603. The topological polar surface area (TPSA) is 35.2 Å². The molecule has 1 aliphatic rings. The first-order valence-electron chi connectivity index (χ1n) is 3.53. The van der Waals surface area contributed by atoms with Crippen molar-refractivity contribution in [2.45, 2.75) is 6.61 Å². The molecule has 56 valence electrons. The van der Waals surface area contributed by atoms with Gasteiger partial charge in [0, 0.05) is 5.56 Å². The molecule has 0 saturated heterocycles. The first-order valence-corrected chi connectivity index (χ1v) is 3.53. The van der Waals surface area contributed by atoms with E-state index < -0.39 is 0 Å². The third-order valence-electron chi connectivity index (χ3n) is 1.78. The molecule has 1 aromatic rings. The maximum atomic E-state index is 5.68. The van der Waals surface area contributed by atoms with Crippen molar-refractivity contribution in [1.29, 1.82) is 0 Å². The van der Waals surface area contributed by atoms with Crippen LogP contribution in [-0.2, 0) is 11.3 Å². The molecule has 0 fully saturated rings. The Morgan fingerprint density at radius 3 is 2.91 bits per heavy atom. The number of fused-ring (bicyclic) bond motifs is 1. The Bertz CT molecular complexity index is 304. The van der Waals surface area contributed by atoms with Crippen molar-refractivity contribution in [3.8, 4) is 0 Å². The summed E-state index contributed by atoms with van der Waals surface area (Å²) in [7, 11) is 0. The fourth-order valence-corrected chi connectivity index (χ4v) is 1.21. The van der Waals surface area contributed by atoms with Gasteiger partial charge in [-0.1, -0.05) is 24.3 Å². The van der Waals surface area contributed by atoms with Crippen LogP contribution in [0.25, 0.3) is 5.70 Å². The molecule has 0 atom stereocenters. The van der Waals surface area contributed by atoms with Crippen LogP contribution in [-0.4, -0.2) is 0 Å². The number of hydrogen-bond donors (Lipinski definition) is 1. The summed E-state index contributed by atoms with van der Waals surface area (Å²) in [5.74, 6) is 0. The van der Waals surface area contributed by atoms with Gasteiger partial charge in [-0.05, 0) is 5.56 Å². The van der Waals surface area contributed by atoms with Crippen LogP contribution in [0.15, 0.2) is 30.5 Å². The summed E-state index contributed by atoms with van der Waals surface area (Å²) < 4.78 is 5.12. The van der Waals surface area contributed by atoms with Gasteiger partial charge in [-0.3, -0.25) is 0 Å². The van der Waals surface area contributed by atoms with E-state index in [9.17, 15) is 0 Å². The highest BCUT2D eigenvalue weighted by Crippen LogP contribution is 2.20. The molecule has 0 amide bonds. The van der Waals surface area contributed by atoms with Gasteiger partial charge in [0.2, 0.25) is 0 Å². The van der Waals surface area contributed by atoms with E-state index in [2.05, 4.69) is 0 Å². The van der Waals surface area contributed by atoms with Gasteiger partial charge in [-0.25, -0.2) is 0 Å². The van der Waals surface area contributed by atoms with Crippen LogP contribution in [0.2, 0.25) is 0 Å². The van der Waals surface area contributed by atoms with E-state index in [4.69, 9.17) is 10.5 Å². The van der Waals surface area contributed by atoms with E-state index in [1.165, 1.54) is 0 Å². The third-order valence-corrected chi connectivity index (χ3v) is 1.78. The lowest BCUT2D eigenvalue weighted by molar-refractivity contribution is 0.232. The molecule has 2 N–H and O–H groups in total. The number of hydrogen-bond acceptors (Lipinski definition) is 2. The molecule has 1 heterocycles. The molecular weight excluding hydrogens is 138 g/mol. The van der Waals surface area contributed by atoms with Crippen molar-refractivity contribution in [2.75, 3.05) is 0 Å². The summed E-state index contributed by atoms with van der Waals surface area (Å²) in [6.07, 6.45) is 1.60. The zero-order chi connectivity index (χ0) is 7.68. The maximum absolute atomic E-state index is 5.68. The van der Waals surface area contributed by atoms with Crippen molar-refractivity contribution in [3.05, 3.63) is 41.7 Å². The summed E-state index contributed by atoms with van der Waals surface area (Å²) in [6.45, 7) is 0.636. The zero-order valence-corrected chi connectivity index (χ0v) is 6.08. The number of ether oxygens (including phenoxy) is 1. The summed E-state index contributed by atoms with van der Waals surface area (Å²) in [5, 5.41) is 0. The van der Waals surface area contributed by atoms with Gasteiger partial charge in [-0.2, -0.15) is 0 Å². The summed E-state index contributed by atoms with van der Waals surface area (Å²) >= 11 is 0. The van der Waals surface area contributed by atoms with E-state index in [-0.39, 0.29) is 0 Å².